The van der Waals surface area contributed by atoms with E-state index >= 15 is 0 Å². The molecule has 0 saturated carbocycles. The maximum atomic E-state index is 12.2. The summed E-state index contributed by atoms with van der Waals surface area (Å²) in [5, 5.41) is 12.7. The van der Waals surface area contributed by atoms with Crippen LogP contribution in [0.1, 0.15) is 18.6 Å². The highest BCUT2D eigenvalue weighted by Gasteiger charge is 2.18. The molecule has 3 aromatic rings. The summed E-state index contributed by atoms with van der Waals surface area (Å²) in [6, 6.07) is 13.4. The Hall–Kier alpha value is -2.60. The molecular formula is C20H17N3O3S2. The summed E-state index contributed by atoms with van der Waals surface area (Å²) < 4.78 is 13.2. The maximum absolute atomic E-state index is 12.2. The Balaban J connectivity index is 1.41. The van der Waals surface area contributed by atoms with Crippen molar-refractivity contribution in [2.45, 2.75) is 28.4 Å². The van der Waals surface area contributed by atoms with Gasteiger partial charge in [0.05, 0.1) is 16.3 Å². The predicted octanol–water partition coefficient (Wildman–Crippen LogP) is 4.24. The van der Waals surface area contributed by atoms with Crippen LogP contribution < -0.4 is 5.32 Å². The average Bonchev–Trinajstić information content (AvgIpc) is 3.45. The number of furan rings is 1. The number of nitrogens with one attached hydrogen (secondary N) is 1. The van der Waals surface area contributed by atoms with Gasteiger partial charge in [0.1, 0.15) is 17.4 Å². The van der Waals surface area contributed by atoms with Crippen molar-refractivity contribution in [3.63, 3.8) is 0 Å². The van der Waals surface area contributed by atoms with Gasteiger partial charge in [0.2, 0.25) is 0 Å². The molecule has 2 aromatic heterocycles. The normalized spacial score (nSPS) is 17.0. The Morgan fingerprint density at radius 2 is 2.29 bits per heavy atom. The van der Waals surface area contributed by atoms with E-state index in [-0.39, 0.29) is 11.7 Å². The number of rotatable bonds is 6. The maximum Gasteiger partial charge on any atom is 0.262 e. The van der Waals surface area contributed by atoms with Crippen molar-refractivity contribution in [3.05, 3.63) is 47.7 Å². The summed E-state index contributed by atoms with van der Waals surface area (Å²) in [6.45, 7) is 1.14. The van der Waals surface area contributed by atoms with Crippen molar-refractivity contribution >= 4 is 45.3 Å². The number of nitrogens with zero attached hydrogens (tertiary/aromatic N) is 2. The summed E-state index contributed by atoms with van der Waals surface area (Å²) in [5.41, 5.74) is 0.959. The van der Waals surface area contributed by atoms with Crippen LogP contribution in [-0.2, 0) is 9.53 Å². The minimum atomic E-state index is -0.422. The Morgan fingerprint density at radius 1 is 1.39 bits per heavy atom. The lowest BCUT2D eigenvalue weighted by atomic mass is 10.2. The van der Waals surface area contributed by atoms with Gasteiger partial charge in [-0.2, -0.15) is 5.26 Å². The molecule has 4 rings (SSSR count). The lowest BCUT2D eigenvalue weighted by Gasteiger charge is -2.09. The van der Waals surface area contributed by atoms with E-state index in [4.69, 9.17) is 9.15 Å². The number of hydrogen-bond acceptors (Lipinski definition) is 7. The Kier molecular flexibility index (Phi) is 5.76. The molecule has 142 valence electrons. The third-order valence-electron chi connectivity index (χ3n) is 4.23. The van der Waals surface area contributed by atoms with E-state index in [0.717, 1.165) is 34.0 Å². The Labute approximate surface area is 170 Å². The van der Waals surface area contributed by atoms with Crippen molar-refractivity contribution in [3.8, 4) is 6.07 Å². The molecule has 3 heterocycles. The fourth-order valence-electron chi connectivity index (χ4n) is 2.85. The highest BCUT2D eigenvalue weighted by molar-refractivity contribution is 8.01. The number of benzene rings is 1. The highest BCUT2D eigenvalue weighted by atomic mass is 32.2. The summed E-state index contributed by atoms with van der Waals surface area (Å²) in [7, 11) is 0. The van der Waals surface area contributed by atoms with E-state index in [1.807, 2.05) is 36.4 Å². The van der Waals surface area contributed by atoms with Crippen LogP contribution in [0.15, 0.2) is 55.8 Å². The molecule has 1 amide bonds. The number of thiazole rings is 1. The molecular weight excluding hydrogens is 394 g/mol. The minimum absolute atomic E-state index is 0.00360. The fourth-order valence-corrected chi connectivity index (χ4v) is 4.81. The number of carbonyl (C=O) groups excluding carboxylic acids is 1. The smallest absolute Gasteiger partial charge is 0.262 e. The number of aromatic nitrogens is 1. The second-order valence-corrected chi connectivity index (χ2v) is 8.50. The van der Waals surface area contributed by atoms with Crippen LogP contribution in [0.4, 0.5) is 0 Å². The van der Waals surface area contributed by atoms with Gasteiger partial charge in [-0.05, 0) is 48.9 Å². The van der Waals surface area contributed by atoms with Crippen LogP contribution in [-0.4, -0.2) is 30.1 Å². The van der Waals surface area contributed by atoms with E-state index in [1.165, 1.54) is 17.8 Å². The van der Waals surface area contributed by atoms with E-state index in [1.54, 1.807) is 17.4 Å². The van der Waals surface area contributed by atoms with Crippen molar-refractivity contribution in [1.82, 2.24) is 10.3 Å². The van der Waals surface area contributed by atoms with Crippen LogP contribution in [0.5, 0.6) is 0 Å². The molecule has 6 nitrogen and oxygen atoms in total. The number of carbonyl (C=O) groups is 1. The molecule has 1 aromatic carbocycles. The zero-order valence-electron chi connectivity index (χ0n) is 14.9. The van der Waals surface area contributed by atoms with E-state index < -0.39 is 5.91 Å². The second-order valence-electron chi connectivity index (χ2n) is 6.22. The van der Waals surface area contributed by atoms with Crippen molar-refractivity contribution in [1.29, 1.82) is 5.26 Å². The minimum Gasteiger partial charge on any atom is -0.450 e. The van der Waals surface area contributed by atoms with E-state index in [2.05, 4.69) is 10.3 Å². The fraction of sp³-hybridized carbons (Fsp3) is 0.250. The van der Waals surface area contributed by atoms with E-state index in [9.17, 15) is 10.1 Å². The van der Waals surface area contributed by atoms with Gasteiger partial charge in [0.25, 0.3) is 5.91 Å². The van der Waals surface area contributed by atoms with Gasteiger partial charge in [-0.1, -0.05) is 12.1 Å². The molecule has 0 unspecified atom stereocenters. The third kappa shape index (κ3) is 4.44. The molecule has 1 saturated heterocycles. The highest BCUT2D eigenvalue weighted by Crippen LogP contribution is 2.35. The number of nitriles is 1. The number of hydrogen-bond donors (Lipinski definition) is 1. The Morgan fingerprint density at radius 3 is 3.07 bits per heavy atom. The van der Waals surface area contributed by atoms with Gasteiger partial charge in [-0.3, -0.25) is 4.79 Å². The standard InChI is InChI=1S/C20H17N3O3S2/c21-11-13(19(24)22-12-15-4-3-9-25-15)10-14-7-8-18(26-14)28-20-23-16-5-1-2-6-17(16)27-20/h1-2,5-8,10,15H,3-4,9,12H2,(H,22,24)/b13-10+/t15-/m1/s1. The SMILES string of the molecule is N#C/C(=C\c1ccc(Sc2nc3ccccc3s2)o1)C(=O)NC[C@H]1CCCO1. The molecule has 0 spiro atoms. The summed E-state index contributed by atoms with van der Waals surface area (Å²) in [4.78, 5) is 16.8. The summed E-state index contributed by atoms with van der Waals surface area (Å²) >= 11 is 3.01. The van der Waals surface area contributed by atoms with Crippen LogP contribution in [0.25, 0.3) is 16.3 Å². The monoisotopic (exact) mass is 411 g/mol. The molecule has 8 heteroatoms. The van der Waals surface area contributed by atoms with Crippen LogP contribution in [0.3, 0.4) is 0 Å². The molecule has 1 atom stereocenters. The average molecular weight is 412 g/mol. The van der Waals surface area contributed by atoms with Crippen LogP contribution >= 0.6 is 23.1 Å². The predicted molar refractivity (Wildman–Crippen MR) is 108 cm³/mol. The molecule has 0 aliphatic carbocycles. The van der Waals surface area contributed by atoms with Gasteiger partial charge in [-0.25, -0.2) is 4.98 Å². The first-order valence-electron chi connectivity index (χ1n) is 8.86. The topological polar surface area (TPSA) is 88.2 Å². The first-order valence-corrected chi connectivity index (χ1v) is 10.5. The van der Waals surface area contributed by atoms with Gasteiger partial charge in [0, 0.05) is 19.2 Å². The van der Waals surface area contributed by atoms with Gasteiger partial charge >= 0.3 is 0 Å². The molecule has 1 N–H and O–H groups in total. The number of fused-ring (bicyclic) bond motifs is 1. The molecule has 1 fully saturated rings. The number of amides is 1. The first-order chi connectivity index (χ1) is 13.7. The zero-order valence-corrected chi connectivity index (χ0v) is 16.5. The lowest BCUT2D eigenvalue weighted by molar-refractivity contribution is -0.117. The van der Waals surface area contributed by atoms with Gasteiger partial charge in [0.15, 0.2) is 9.43 Å². The van der Waals surface area contributed by atoms with Crippen molar-refractivity contribution < 1.29 is 13.9 Å². The number of para-hydroxylation sites is 1. The first kappa shape index (κ1) is 18.7. The van der Waals surface area contributed by atoms with E-state index in [0.29, 0.717) is 17.4 Å². The van der Waals surface area contributed by atoms with Crippen molar-refractivity contribution in [2.75, 3.05) is 13.2 Å². The van der Waals surface area contributed by atoms with Gasteiger partial charge < -0.3 is 14.5 Å². The molecule has 1 aliphatic heterocycles. The molecule has 0 bridgehead atoms. The quantitative estimate of drug-likeness (QED) is 0.482. The van der Waals surface area contributed by atoms with Gasteiger partial charge in [-0.15, -0.1) is 11.3 Å². The van der Waals surface area contributed by atoms with Crippen LogP contribution in [0.2, 0.25) is 0 Å². The Bertz CT molecular complexity index is 1030. The zero-order chi connectivity index (χ0) is 19.3. The third-order valence-corrected chi connectivity index (χ3v) is 6.25. The van der Waals surface area contributed by atoms with Crippen LogP contribution in [0, 0.1) is 11.3 Å². The lowest BCUT2D eigenvalue weighted by Crippen LogP contribution is -2.32. The number of ether oxygens (including phenoxy) is 1. The second kappa shape index (κ2) is 8.61. The molecule has 1 aliphatic rings. The molecule has 28 heavy (non-hydrogen) atoms. The summed E-state index contributed by atoms with van der Waals surface area (Å²) in [6.07, 6.45) is 3.41. The summed E-state index contributed by atoms with van der Waals surface area (Å²) in [5.74, 6) is 0.0298. The molecule has 0 radical (unpaired) electrons. The van der Waals surface area contributed by atoms with Crippen molar-refractivity contribution in [2.24, 2.45) is 0 Å². The largest absolute Gasteiger partial charge is 0.450 e.